The number of piperidine rings is 1. The molecule has 2 rings (SSSR count). The maximum atomic E-state index is 12.8. The van der Waals surface area contributed by atoms with Crippen molar-refractivity contribution in [2.75, 3.05) is 24.7 Å². The second-order valence-electron chi connectivity index (χ2n) is 5.80. The van der Waals surface area contributed by atoms with Crippen LogP contribution < -0.4 is 10.0 Å². The lowest BCUT2D eigenvalue weighted by Crippen LogP contribution is -2.50. The zero-order valence-electron chi connectivity index (χ0n) is 13.2. The number of alkyl halides is 3. The van der Waals surface area contributed by atoms with Crippen molar-refractivity contribution in [2.24, 2.45) is 0 Å². The van der Waals surface area contributed by atoms with Gasteiger partial charge in [-0.3, -0.25) is 0 Å². The number of nitrogens with one attached hydrogen (secondary N) is 2. The van der Waals surface area contributed by atoms with Gasteiger partial charge in [0.15, 0.2) is 0 Å². The van der Waals surface area contributed by atoms with Crippen molar-refractivity contribution in [1.29, 1.82) is 0 Å². The van der Waals surface area contributed by atoms with Gasteiger partial charge in [-0.1, -0.05) is 11.6 Å². The highest BCUT2D eigenvalue weighted by Gasteiger charge is 2.31. The number of amides is 2. The molecule has 0 bridgehead atoms. The molecule has 2 amide bonds. The summed E-state index contributed by atoms with van der Waals surface area (Å²) in [5.41, 5.74) is -1.08. The molecule has 0 spiro atoms. The van der Waals surface area contributed by atoms with Gasteiger partial charge in [0, 0.05) is 19.1 Å². The van der Waals surface area contributed by atoms with Crippen molar-refractivity contribution in [3.8, 4) is 0 Å². The van der Waals surface area contributed by atoms with Crippen molar-refractivity contribution in [2.45, 2.75) is 25.1 Å². The summed E-state index contributed by atoms with van der Waals surface area (Å²) in [5.74, 6) is 0. The van der Waals surface area contributed by atoms with E-state index < -0.39 is 33.8 Å². The van der Waals surface area contributed by atoms with Crippen LogP contribution in [-0.4, -0.2) is 44.7 Å². The van der Waals surface area contributed by atoms with Crippen LogP contribution in [0.25, 0.3) is 0 Å². The Morgan fingerprint density at radius 3 is 2.64 bits per heavy atom. The number of nitrogens with zero attached hydrogens (tertiary/aromatic N) is 1. The van der Waals surface area contributed by atoms with E-state index in [4.69, 9.17) is 11.6 Å². The Bertz CT molecular complexity index is 755. The lowest BCUT2D eigenvalue weighted by atomic mass is 10.1. The highest BCUT2D eigenvalue weighted by molar-refractivity contribution is 7.88. The third-order valence-electron chi connectivity index (χ3n) is 3.62. The molecular formula is C14H17ClF3N3O3S. The van der Waals surface area contributed by atoms with Crippen LogP contribution in [-0.2, 0) is 16.2 Å². The highest BCUT2D eigenvalue weighted by atomic mass is 35.5. The summed E-state index contributed by atoms with van der Waals surface area (Å²) in [4.78, 5) is 13.6. The molecule has 1 aliphatic heterocycles. The van der Waals surface area contributed by atoms with Crippen LogP contribution in [0.4, 0.5) is 23.7 Å². The number of urea groups is 1. The van der Waals surface area contributed by atoms with Crippen molar-refractivity contribution in [3.05, 3.63) is 28.8 Å². The standard InChI is InChI=1S/C14H17ClF3N3O3S/c1-25(23,24)20-10-3-2-6-21(8-10)13(22)19-12-7-9(14(16,17)18)4-5-11(12)15/h4-5,7,10,20H,2-3,6,8H2,1H3,(H,19,22)/t10-/m0/s1. The molecule has 0 aromatic heterocycles. The summed E-state index contributed by atoms with van der Waals surface area (Å²) in [7, 11) is -3.41. The minimum atomic E-state index is -4.56. The van der Waals surface area contributed by atoms with Gasteiger partial charge in [-0.2, -0.15) is 13.2 Å². The molecule has 1 aliphatic rings. The zero-order valence-corrected chi connectivity index (χ0v) is 14.8. The summed E-state index contributed by atoms with van der Waals surface area (Å²) >= 11 is 5.85. The molecule has 2 N–H and O–H groups in total. The average molecular weight is 400 g/mol. The van der Waals surface area contributed by atoms with Crippen molar-refractivity contribution >= 4 is 33.3 Å². The number of anilines is 1. The first-order chi connectivity index (χ1) is 11.5. The third kappa shape index (κ3) is 5.75. The van der Waals surface area contributed by atoms with Crippen molar-refractivity contribution in [1.82, 2.24) is 9.62 Å². The lowest BCUT2D eigenvalue weighted by molar-refractivity contribution is -0.137. The molecular weight excluding hydrogens is 383 g/mol. The van der Waals surface area contributed by atoms with E-state index in [-0.39, 0.29) is 17.3 Å². The molecule has 1 aromatic carbocycles. The van der Waals surface area contributed by atoms with Gasteiger partial charge in [-0.15, -0.1) is 0 Å². The minimum absolute atomic E-state index is 0.0239. The number of benzene rings is 1. The van der Waals surface area contributed by atoms with E-state index in [1.54, 1.807) is 0 Å². The van der Waals surface area contributed by atoms with Gasteiger partial charge in [-0.05, 0) is 31.0 Å². The molecule has 6 nitrogen and oxygen atoms in total. The molecule has 1 saturated heterocycles. The smallest absolute Gasteiger partial charge is 0.323 e. The Labute approximate surface area is 148 Å². The van der Waals surface area contributed by atoms with Crippen LogP contribution in [0.5, 0.6) is 0 Å². The number of rotatable bonds is 3. The molecule has 1 atom stereocenters. The van der Waals surface area contributed by atoms with Gasteiger partial charge in [-0.25, -0.2) is 17.9 Å². The molecule has 0 saturated carbocycles. The zero-order chi connectivity index (χ0) is 18.8. The Kier molecular flexibility index (Phi) is 5.85. The van der Waals surface area contributed by atoms with Crippen LogP contribution in [0.15, 0.2) is 18.2 Å². The van der Waals surface area contributed by atoms with Gasteiger partial charge in [0.25, 0.3) is 0 Å². The van der Waals surface area contributed by atoms with Crippen LogP contribution in [0, 0.1) is 0 Å². The number of likely N-dealkylation sites (tertiary alicyclic amines) is 1. The Balaban J connectivity index is 2.09. The summed E-state index contributed by atoms with van der Waals surface area (Å²) in [6.07, 6.45) is -2.40. The van der Waals surface area contributed by atoms with E-state index in [0.717, 1.165) is 24.5 Å². The Morgan fingerprint density at radius 2 is 2.04 bits per heavy atom. The minimum Gasteiger partial charge on any atom is -0.323 e. The number of hydrogen-bond acceptors (Lipinski definition) is 3. The summed E-state index contributed by atoms with van der Waals surface area (Å²) in [6.45, 7) is 0.486. The van der Waals surface area contributed by atoms with E-state index in [0.29, 0.717) is 19.4 Å². The normalized spacial score (nSPS) is 18.9. The van der Waals surface area contributed by atoms with Gasteiger partial charge in [0.05, 0.1) is 22.5 Å². The predicted molar refractivity (Wildman–Crippen MR) is 88.0 cm³/mol. The highest BCUT2D eigenvalue weighted by Crippen LogP contribution is 2.34. The fourth-order valence-electron chi connectivity index (χ4n) is 2.55. The average Bonchev–Trinajstić information content (AvgIpc) is 2.46. The van der Waals surface area contributed by atoms with E-state index in [1.807, 2.05) is 0 Å². The van der Waals surface area contributed by atoms with E-state index in [2.05, 4.69) is 10.0 Å². The lowest BCUT2D eigenvalue weighted by Gasteiger charge is -2.32. The Hall–Kier alpha value is -1.52. The first-order valence-electron chi connectivity index (χ1n) is 7.36. The van der Waals surface area contributed by atoms with Gasteiger partial charge >= 0.3 is 12.2 Å². The second kappa shape index (κ2) is 7.38. The number of halogens is 4. The topological polar surface area (TPSA) is 78.5 Å². The fourth-order valence-corrected chi connectivity index (χ4v) is 3.51. The maximum Gasteiger partial charge on any atom is 0.416 e. The molecule has 11 heteroatoms. The largest absolute Gasteiger partial charge is 0.416 e. The van der Waals surface area contributed by atoms with E-state index in [1.165, 1.54) is 4.90 Å². The second-order valence-corrected chi connectivity index (χ2v) is 7.98. The van der Waals surface area contributed by atoms with Crippen LogP contribution >= 0.6 is 11.6 Å². The Morgan fingerprint density at radius 1 is 1.36 bits per heavy atom. The molecule has 0 aliphatic carbocycles. The van der Waals surface area contributed by atoms with Crippen LogP contribution in [0.2, 0.25) is 5.02 Å². The molecule has 25 heavy (non-hydrogen) atoms. The third-order valence-corrected chi connectivity index (χ3v) is 4.72. The van der Waals surface area contributed by atoms with E-state index in [9.17, 15) is 26.4 Å². The predicted octanol–water partition coefficient (Wildman–Crippen LogP) is 2.90. The quantitative estimate of drug-likeness (QED) is 0.820. The van der Waals surface area contributed by atoms with Crippen LogP contribution in [0.1, 0.15) is 18.4 Å². The first-order valence-corrected chi connectivity index (χ1v) is 9.62. The SMILES string of the molecule is CS(=O)(=O)N[C@H]1CCCN(C(=O)Nc2cc(C(F)(F)F)ccc2Cl)C1. The molecule has 0 unspecified atom stereocenters. The monoisotopic (exact) mass is 399 g/mol. The van der Waals surface area contributed by atoms with Crippen LogP contribution in [0.3, 0.4) is 0 Å². The summed E-state index contributed by atoms with van der Waals surface area (Å²) < 4.78 is 63.3. The fraction of sp³-hybridized carbons (Fsp3) is 0.500. The van der Waals surface area contributed by atoms with E-state index >= 15 is 0 Å². The summed E-state index contributed by atoms with van der Waals surface area (Å²) in [5, 5.41) is 2.33. The molecule has 1 heterocycles. The van der Waals surface area contributed by atoms with Crippen molar-refractivity contribution in [3.63, 3.8) is 0 Å². The molecule has 1 aromatic rings. The number of sulfonamides is 1. The van der Waals surface area contributed by atoms with Gasteiger partial charge < -0.3 is 10.2 Å². The first kappa shape index (κ1) is 19.8. The number of hydrogen-bond donors (Lipinski definition) is 2. The maximum absolute atomic E-state index is 12.8. The molecule has 140 valence electrons. The number of carbonyl (C=O) groups is 1. The van der Waals surface area contributed by atoms with Crippen molar-refractivity contribution < 1.29 is 26.4 Å². The molecule has 0 radical (unpaired) electrons. The summed E-state index contributed by atoms with van der Waals surface area (Å²) in [6, 6.07) is 1.57. The van der Waals surface area contributed by atoms with Gasteiger partial charge in [0.2, 0.25) is 10.0 Å². The molecule has 1 fully saturated rings. The van der Waals surface area contributed by atoms with Gasteiger partial charge in [0.1, 0.15) is 0 Å². The number of carbonyl (C=O) groups excluding carboxylic acids is 1.